The fraction of sp³-hybridized carbons (Fsp3) is 0.429. The maximum absolute atomic E-state index is 12.6. The van der Waals surface area contributed by atoms with Gasteiger partial charge in [-0.15, -0.1) is 11.3 Å². The third-order valence-electron chi connectivity index (χ3n) is 5.75. The molecule has 1 atom stereocenters. The van der Waals surface area contributed by atoms with Crippen molar-refractivity contribution in [3.05, 3.63) is 47.3 Å². The number of thiophene rings is 1. The molecule has 0 radical (unpaired) electrons. The van der Waals surface area contributed by atoms with E-state index in [0.29, 0.717) is 49.4 Å². The van der Waals surface area contributed by atoms with Crippen LogP contribution < -0.4 is 10.0 Å². The van der Waals surface area contributed by atoms with Crippen LogP contribution in [0.3, 0.4) is 0 Å². The van der Waals surface area contributed by atoms with E-state index in [1.165, 1.54) is 11.3 Å². The van der Waals surface area contributed by atoms with Crippen LogP contribution in [-0.4, -0.2) is 44.3 Å². The lowest BCUT2D eigenvalue weighted by Gasteiger charge is -2.32. The number of anilines is 1. The molecule has 30 heavy (non-hydrogen) atoms. The Kier molecular flexibility index (Phi) is 6.21. The van der Waals surface area contributed by atoms with Gasteiger partial charge in [0, 0.05) is 37.2 Å². The van der Waals surface area contributed by atoms with Crippen LogP contribution in [0.4, 0.5) is 5.69 Å². The zero-order valence-electron chi connectivity index (χ0n) is 16.5. The number of rotatable bonds is 6. The van der Waals surface area contributed by atoms with Crippen molar-refractivity contribution in [1.82, 2.24) is 9.62 Å². The second kappa shape index (κ2) is 8.87. The summed E-state index contributed by atoms with van der Waals surface area (Å²) in [5, 5.41) is 4.66. The molecule has 1 fully saturated rings. The maximum atomic E-state index is 12.6. The highest BCUT2D eigenvalue weighted by molar-refractivity contribution is 7.91. The van der Waals surface area contributed by atoms with Gasteiger partial charge in [-0.1, -0.05) is 24.3 Å². The molecule has 3 heterocycles. The van der Waals surface area contributed by atoms with E-state index >= 15 is 0 Å². The number of amides is 2. The molecule has 1 aromatic carbocycles. The van der Waals surface area contributed by atoms with Crippen molar-refractivity contribution in [2.45, 2.75) is 42.4 Å². The summed E-state index contributed by atoms with van der Waals surface area (Å²) in [6, 6.07) is 10.9. The Hall–Kier alpha value is -2.23. The number of nitrogens with one attached hydrogen (secondary N) is 2. The third kappa shape index (κ3) is 4.74. The molecule has 7 nitrogen and oxygen atoms in total. The minimum atomic E-state index is -3.49. The second-order valence-corrected chi connectivity index (χ2v) is 10.7. The highest BCUT2D eigenvalue weighted by Crippen LogP contribution is 2.28. The third-order valence-corrected chi connectivity index (χ3v) is 8.67. The summed E-state index contributed by atoms with van der Waals surface area (Å²) in [6.07, 6.45) is 2.68. The van der Waals surface area contributed by atoms with Gasteiger partial charge in [0.15, 0.2) is 0 Å². The molecule has 0 aliphatic carbocycles. The van der Waals surface area contributed by atoms with Crippen LogP contribution >= 0.6 is 11.3 Å². The van der Waals surface area contributed by atoms with Crippen molar-refractivity contribution < 1.29 is 18.0 Å². The van der Waals surface area contributed by atoms with E-state index in [1.54, 1.807) is 22.4 Å². The number of carbonyl (C=O) groups excluding carboxylic acids is 2. The van der Waals surface area contributed by atoms with E-state index in [4.69, 9.17) is 0 Å². The summed E-state index contributed by atoms with van der Waals surface area (Å²) in [5.41, 5.74) is 1.96. The first-order chi connectivity index (χ1) is 14.4. The van der Waals surface area contributed by atoms with Gasteiger partial charge in [0.2, 0.25) is 21.8 Å². The van der Waals surface area contributed by atoms with Crippen molar-refractivity contribution in [1.29, 1.82) is 0 Å². The molecule has 0 spiro atoms. The first kappa shape index (κ1) is 21.0. The van der Waals surface area contributed by atoms with Crippen molar-refractivity contribution >= 4 is 38.9 Å². The van der Waals surface area contributed by atoms with Crippen molar-refractivity contribution in [2.24, 2.45) is 5.92 Å². The van der Waals surface area contributed by atoms with E-state index in [2.05, 4.69) is 10.0 Å². The number of likely N-dealkylation sites (tertiary alicyclic amines) is 1. The average Bonchev–Trinajstić information content (AvgIpc) is 3.28. The van der Waals surface area contributed by atoms with Gasteiger partial charge in [-0.05, 0) is 48.8 Å². The molecule has 1 aromatic heterocycles. The van der Waals surface area contributed by atoms with E-state index in [-0.39, 0.29) is 23.8 Å². The molecule has 0 bridgehead atoms. The molecule has 1 saturated heterocycles. The van der Waals surface area contributed by atoms with Crippen molar-refractivity contribution in [3.8, 4) is 0 Å². The van der Waals surface area contributed by atoms with Crippen LogP contribution in [0.25, 0.3) is 0 Å². The summed E-state index contributed by atoms with van der Waals surface area (Å²) < 4.78 is 27.8. The number of nitrogens with zero attached hydrogens (tertiary/aromatic N) is 1. The average molecular weight is 448 g/mol. The number of benzene rings is 1. The number of fused-ring (bicyclic) bond motifs is 1. The number of sulfonamides is 1. The van der Waals surface area contributed by atoms with Crippen LogP contribution in [-0.2, 0) is 26.0 Å². The Bertz CT molecular complexity index is 1010. The summed E-state index contributed by atoms with van der Waals surface area (Å²) >= 11 is 1.19. The molecular formula is C21H25N3O4S2. The molecule has 0 saturated carbocycles. The smallest absolute Gasteiger partial charge is 0.250 e. The molecule has 2 amide bonds. The lowest BCUT2D eigenvalue weighted by atomic mass is 9.89. The topological polar surface area (TPSA) is 95.6 Å². The van der Waals surface area contributed by atoms with Gasteiger partial charge in [-0.25, -0.2) is 13.1 Å². The molecule has 2 aliphatic rings. The first-order valence-corrected chi connectivity index (χ1v) is 12.5. The fourth-order valence-corrected chi connectivity index (χ4v) is 6.36. The summed E-state index contributed by atoms with van der Waals surface area (Å²) in [6.45, 7) is 1.05. The number of para-hydroxylation sites is 1. The Morgan fingerprint density at radius 1 is 1.17 bits per heavy atom. The van der Waals surface area contributed by atoms with Crippen molar-refractivity contribution in [3.63, 3.8) is 0 Å². The second-order valence-electron chi connectivity index (χ2n) is 7.79. The minimum absolute atomic E-state index is 0.0248. The lowest BCUT2D eigenvalue weighted by molar-refractivity contribution is -0.132. The number of piperidine rings is 1. The lowest BCUT2D eigenvalue weighted by Crippen LogP contribution is -2.46. The highest BCUT2D eigenvalue weighted by Gasteiger charge is 2.29. The van der Waals surface area contributed by atoms with Gasteiger partial charge in [-0.2, -0.15) is 0 Å². The van der Waals surface area contributed by atoms with E-state index in [0.717, 1.165) is 11.3 Å². The maximum Gasteiger partial charge on any atom is 0.250 e. The van der Waals surface area contributed by atoms with Gasteiger partial charge in [0.25, 0.3) is 0 Å². The highest BCUT2D eigenvalue weighted by atomic mass is 32.2. The zero-order valence-corrected chi connectivity index (χ0v) is 18.2. The predicted molar refractivity (Wildman–Crippen MR) is 116 cm³/mol. The number of hydrogen-bond donors (Lipinski definition) is 2. The molecule has 2 aromatic rings. The minimum Gasteiger partial charge on any atom is -0.343 e. The Labute approximate surface area is 180 Å². The van der Waals surface area contributed by atoms with Gasteiger partial charge in [-0.3, -0.25) is 9.59 Å². The van der Waals surface area contributed by atoms with Crippen molar-refractivity contribution in [2.75, 3.05) is 18.4 Å². The van der Waals surface area contributed by atoms with Gasteiger partial charge >= 0.3 is 0 Å². The number of hydrogen-bond acceptors (Lipinski definition) is 5. The monoisotopic (exact) mass is 447 g/mol. The van der Waals surface area contributed by atoms with E-state index in [1.807, 2.05) is 24.3 Å². The molecular weight excluding hydrogens is 422 g/mol. The molecule has 9 heteroatoms. The van der Waals surface area contributed by atoms with Crippen LogP contribution in [0.5, 0.6) is 0 Å². The van der Waals surface area contributed by atoms with E-state index < -0.39 is 10.0 Å². The summed E-state index contributed by atoms with van der Waals surface area (Å²) in [4.78, 5) is 26.7. The number of carbonyl (C=O) groups is 2. The summed E-state index contributed by atoms with van der Waals surface area (Å²) in [7, 11) is -3.49. The fourth-order valence-electron chi connectivity index (χ4n) is 4.04. The van der Waals surface area contributed by atoms with Crippen LogP contribution in [0.15, 0.2) is 46.0 Å². The standard InChI is InChI=1S/C21H25N3O4S2/c25-19(8-7-16-14-15-4-1-2-5-18(15)22-21(16)26)24-11-9-17(10-12-24)23-30(27,28)20-6-3-13-29-20/h1-6,13,16-17,23H,7-12,14H2,(H,22,26)/t16-/m0/s1. The first-order valence-electron chi connectivity index (χ1n) is 10.1. The Balaban J connectivity index is 1.25. The molecule has 2 N–H and O–H groups in total. The molecule has 4 rings (SSSR count). The predicted octanol–water partition coefficient (Wildman–Crippen LogP) is 2.61. The van der Waals surface area contributed by atoms with Gasteiger partial charge < -0.3 is 10.2 Å². The Morgan fingerprint density at radius 3 is 2.67 bits per heavy atom. The Morgan fingerprint density at radius 2 is 1.93 bits per heavy atom. The van der Waals surface area contributed by atoms with Gasteiger partial charge in [0.05, 0.1) is 0 Å². The molecule has 2 aliphatic heterocycles. The van der Waals surface area contributed by atoms with Crippen LogP contribution in [0, 0.1) is 5.92 Å². The largest absolute Gasteiger partial charge is 0.343 e. The SMILES string of the molecule is O=C1Nc2ccccc2C[C@@H]1CCC(=O)N1CCC(NS(=O)(=O)c2cccs2)CC1. The summed E-state index contributed by atoms with van der Waals surface area (Å²) in [5.74, 6) is -0.191. The molecule has 160 valence electrons. The van der Waals surface area contributed by atoms with E-state index in [9.17, 15) is 18.0 Å². The normalized spacial score (nSPS) is 19.9. The zero-order chi connectivity index (χ0) is 21.1. The van der Waals surface area contributed by atoms with Gasteiger partial charge in [0.1, 0.15) is 4.21 Å². The van der Waals surface area contributed by atoms with Crippen LogP contribution in [0.1, 0.15) is 31.2 Å². The van der Waals surface area contributed by atoms with Crippen LogP contribution in [0.2, 0.25) is 0 Å². The quantitative estimate of drug-likeness (QED) is 0.712. The molecule has 0 unspecified atom stereocenters.